The van der Waals surface area contributed by atoms with Crippen molar-refractivity contribution in [1.82, 2.24) is 4.40 Å². The smallest absolute Gasteiger partial charge is 0.331 e. The van der Waals surface area contributed by atoms with Crippen molar-refractivity contribution in [1.29, 1.82) is 5.26 Å². The Bertz CT molecular complexity index is 1110. The van der Waals surface area contributed by atoms with Crippen molar-refractivity contribution >= 4 is 29.2 Å². The van der Waals surface area contributed by atoms with Gasteiger partial charge in [-0.2, -0.15) is 5.26 Å². The third kappa shape index (κ3) is 4.53. The predicted octanol–water partition coefficient (Wildman–Crippen LogP) is 4.63. The van der Waals surface area contributed by atoms with Crippen LogP contribution in [-0.2, 0) is 16.1 Å². The number of benzene rings is 1. The van der Waals surface area contributed by atoms with Gasteiger partial charge in [-0.05, 0) is 42.8 Å². The Kier molecular flexibility index (Phi) is 6.43. The second-order valence-corrected chi connectivity index (χ2v) is 6.45. The van der Waals surface area contributed by atoms with Crippen molar-refractivity contribution in [3.05, 3.63) is 70.5 Å². The zero-order valence-corrected chi connectivity index (χ0v) is 16.8. The van der Waals surface area contributed by atoms with Gasteiger partial charge in [-0.25, -0.2) is 4.79 Å². The topological polar surface area (TPSA) is 73.0 Å². The molecule has 3 rings (SSSR count). The van der Waals surface area contributed by atoms with E-state index in [1.165, 1.54) is 13.2 Å². The van der Waals surface area contributed by atoms with Gasteiger partial charge in [0.1, 0.15) is 12.7 Å². The van der Waals surface area contributed by atoms with Crippen molar-refractivity contribution in [2.45, 2.75) is 13.5 Å². The Morgan fingerprint density at radius 3 is 2.90 bits per heavy atom. The number of hydrogen-bond acceptors (Lipinski definition) is 5. The molecule has 0 atom stereocenters. The monoisotopic (exact) mass is 410 g/mol. The van der Waals surface area contributed by atoms with Crippen LogP contribution in [0.15, 0.2) is 48.8 Å². The molecule has 7 heteroatoms. The minimum absolute atomic E-state index is 0.00130. The van der Waals surface area contributed by atoms with Gasteiger partial charge in [-0.3, -0.25) is 0 Å². The minimum atomic E-state index is -0.533. The molecule has 0 fully saturated rings. The highest BCUT2D eigenvalue weighted by Crippen LogP contribution is 2.36. The maximum absolute atomic E-state index is 12.1. The van der Waals surface area contributed by atoms with Gasteiger partial charge in [0.05, 0.1) is 29.8 Å². The third-order valence-corrected chi connectivity index (χ3v) is 4.47. The standard InChI is InChI=1S/C22H19ClN2O4/c1-3-28-20-11-15(10-18(23)22(20)27-2)7-8-21(26)29-14-16-13-25-9-5-4-6-19(25)17(16)12-24/h4-11,13H,3,14H2,1-2H3/b8-7+. The molecule has 29 heavy (non-hydrogen) atoms. The minimum Gasteiger partial charge on any atom is -0.491 e. The second-order valence-electron chi connectivity index (χ2n) is 6.04. The average Bonchev–Trinajstić information content (AvgIpc) is 3.08. The molecule has 0 aliphatic heterocycles. The summed E-state index contributed by atoms with van der Waals surface area (Å²) in [5.41, 5.74) is 2.58. The fraction of sp³-hybridized carbons (Fsp3) is 0.182. The number of hydrogen-bond donors (Lipinski definition) is 0. The van der Waals surface area contributed by atoms with E-state index in [2.05, 4.69) is 6.07 Å². The van der Waals surface area contributed by atoms with E-state index in [9.17, 15) is 10.1 Å². The van der Waals surface area contributed by atoms with Crippen molar-refractivity contribution in [3.8, 4) is 17.6 Å². The largest absolute Gasteiger partial charge is 0.491 e. The van der Waals surface area contributed by atoms with Crippen molar-refractivity contribution in [3.63, 3.8) is 0 Å². The van der Waals surface area contributed by atoms with Gasteiger partial charge in [0.25, 0.3) is 0 Å². The lowest BCUT2D eigenvalue weighted by Crippen LogP contribution is -2.01. The summed E-state index contributed by atoms with van der Waals surface area (Å²) in [6, 6.07) is 11.1. The molecule has 1 aromatic carbocycles. The van der Waals surface area contributed by atoms with Crippen LogP contribution in [0, 0.1) is 11.3 Å². The van der Waals surface area contributed by atoms with Gasteiger partial charge in [0, 0.05) is 24.0 Å². The molecule has 0 unspecified atom stereocenters. The fourth-order valence-electron chi connectivity index (χ4n) is 2.92. The fourth-order valence-corrected chi connectivity index (χ4v) is 3.22. The highest BCUT2D eigenvalue weighted by molar-refractivity contribution is 6.32. The first-order chi connectivity index (χ1) is 14.1. The maximum Gasteiger partial charge on any atom is 0.331 e. The van der Waals surface area contributed by atoms with E-state index in [1.54, 1.807) is 24.4 Å². The number of fused-ring (bicyclic) bond motifs is 1. The summed E-state index contributed by atoms with van der Waals surface area (Å²) in [7, 11) is 1.51. The number of nitrogens with zero attached hydrogens (tertiary/aromatic N) is 2. The van der Waals surface area contributed by atoms with Crippen molar-refractivity contribution in [2.75, 3.05) is 13.7 Å². The number of esters is 1. The lowest BCUT2D eigenvalue weighted by atomic mass is 10.2. The molecule has 0 aliphatic rings. The first kappa shape index (κ1) is 20.3. The van der Waals surface area contributed by atoms with E-state index < -0.39 is 5.97 Å². The summed E-state index contributed by atoms with van der Waals surface area (Å²) in [5.74, 6) is 0.404. The second kappa shape index (κ2) is 9.18. The number of nitriles is 1. The number of methoxy groups -OCH3 is 1. The molecule has 0 radical (unpaired) electrons. The van der Waals surface area contributed by atoms with Gasteiger partial charge in [0.2, 0.25) is 0 Å². The van der Waals surface area contributed by atoms with Crippen LogP contribution >= 0.6 is 11.6 Å². The van der Waals surface area contributed by atoms with Crippen LogP contribution in [0.1, 0.15) is 23.6 Å². The summed E-state index contributed by atoms with van der Waals surface area (Å²) in [5, 5.41) is 9.79. The number of aromatic nitrogens is 1. The zero-order valence-electron chi connectivity index (χ0n) is 16.0. The van der Waals surface area contributed by atoms with Crippen LogP contribution in [0.2, 0.25) is 5.02 Å². The number of rotatable bonds is 7. The Morgan fingerprint density at radius 2 is 2.17 bits per heavy atom. The summed E-state index contributed by atoms with van der Waals surface area (Å²) in [6.45, 7) is 2.31. The van der Waals surface area contributed by atoms with Gasteiger partial charge < -0.3 is 18.6 Å². The summed E-state index contributed by atoms with van der Waals surface area (Å²) in [4.78, 5) is 12.1. The summed E-state index contributed by atoms with van der Waals surface area (Å²) in [6.07, 6.45) is 6.50. The molecule has 0 saturated carbocycles. The molecule has 148 valence electrons. The SMILES string of the molecule is CCOc1cc(/C=C/C(=O)OCc2cn3ccccc3c2C#N)cc(Cl)c1OC. The zero-order chi connectivity index (χ0) is 20.8. The van der Waals surface area contributed by atoms with Crippen LogP contribution in [0.25, 0.3) is 11.6 Å². The molecule has 0 aliphatic carbocycles. The van der Waals surface area contributed by atoms with Crippen molar-refractivity contribution < 1.29 is 19.0 Å². The Balaban J connectivity index is 1.72. The number of halogens is 1. The molecule has 0 spiro atoms. The van der Waals surface area contributed by atoms with E-state index in [1.807, 2.05) is 35.7 Å². The van der Waals surface area contributed by atoms with E-state index in [4.69, 9.17) is 25.8 Å². The summed E-state index contributed by atoms with van der Waals surface area (Å²) < 4.78 is 17.9. The molecule has 0 bridgehead atoms. The first-order valence-corrected chi connectivity index (χ1v) is 9.29. The molecule has 2 heterocycles. The molecular weight excluding hydrogens is 392 g/mol. The Labute approximate surface area is 173 Å². The highest BCUT2D eigenvalue weighted by Gasteiger charge is 2.12. The van der Waals surface area contributed by atoms with E-state index in [0.29, 0.717) is 39.8 Å². The van der Waals surface area contributed by atoms with Crippen LogP contribution in [0.3, 0.4) is 0 Å². The van der Waals surface area contributed by atoms with Crippen LogP contribution < -0.4 is 9.47 Å². The molecule has 0 N–H and O–H groups in total. The lowest BCUT2D eigenvalue weighted by Gasteiger charge is -2.11. The molecule has 0 saturated heterocycles. The first-order valence-electron chi connectivity index (χ1n) is 8.91. The van der Waals surface area contributed by atoms with E-state index >= 15 is 0 Å². The molecule has 0 amide bonds. The molecule has 2 aromatic heterocycles. The third-order valence-electron chi connectivity index (χ3n) is 4.19. The van der Waals surface area contributed by atoms with Crippen LogP contribution in [-0.4, -0.2) is 24.1 Å². The van der Waals surface area contributed by atoms with E-state index in [0.717, 1.165) is 5.52 Å². The molecule has 3 aromatic rings. The van der Waals surface area contributed by atoms with Gasteiger partial charge in [-0.1, -0.05) is 17.7 Å². The number of ether oxygens (including phenoxy) is 3. The number of carbonyl (C=O) groups excluding carboxylic acids is 1. The number of pyridine rings is 1. The van der Waals surface area contributed by atoms with Crippen LogP contribution in [0.4, 0.5) is 0 Å². The van der Waals surface area contributed by atoms with Crippen molar-refractivity contribution in [2.24, 2.45) is 0 Å². The quantitative estimate of drug-likeness (QED) is 0.419. The Hall–Kier alpha value is -3.43. The molecule has 6 nitrogen and oxygen atoms in total. The van der Waals surface area contributed by atoms with E-state index in [-0.39, 0.29) is 6.61 Å². The van der Waals surface area contributed by atoms with Gasteiger partial charge in [-0.15, -0.1) is 0 Å². The highest BCUT2D eigenvalue weighted by atomic mass is 35.5. The lowest BCUT2D eigenvalue weighted by molar-refractivity contribution is -0.138. The normalized spacial score (nSPS) is 10.8. The number of carbonyl (C=O) groups is 1. The Morgan fingerprint density at radius 1 is 1.34 bits per heavy atom. The van der Waals surface area contributed by atoms with Crippen LogP contribution in [0.5, 0.6) is 11.5 Å². The average molecular weight is 411 g/mol. The van der Waals surface area contributed by atoms with Gasteiger partial charge >= 0.3 is 5.97 Å². The molecular formula is C22H19ClN2O4. The van der Waals surface area contributed by atoms with Gasteiger partial charge in [0.15, 0.2) is 11.5 Å². The summed E-state index contributed by atoms with van der Waals surface area (Å²) >= 11 is 6.21. The maximum atomic E-state index is 12.1. The predicted molar refractivity (Wildman–Crippen MR) is 110 cm³/mol.